The third kappa shape index (κ3) is 72.8. The van der Waals surface area contributed by atoms with Crippen molar-refractivity contribution in [2.24, 2.45) is 11.8 Å². The van der Waals surface area contributed by atoms with Gasteiger partial charge in [0.05, 0.1) is 26.4 Å². The van der Waals surface area contributed by atoms with Crippen LogP contribution in [-0.2, 0) is 65.4 Å². The summed E-state index contributed by atoms with van der Waals surface area (Å²) in [6, 6.07) is 0. The number of carbonyl (C=O) groups is 4. The number of unbranched alkanes of at least 4 members (excludes halogenated alkanes) is 48. The fourth-order valence-corrected chi connectivity index (χ4v) is 13.9. The van der Waals surface area contributed by atoms with Crippen molar-refractivity contribution in [3.63, 3.8) is 0 Å². The second-order valence-electron chi connectivity index (χ2n) is 29.5. The zero-order chi connectivity index (χ0) is 72.8. The first-order valence-corrected chi connectivity index (χ1v) is 44.5. The van der Waals surface area contributed by atoms with Crippen LogP contribution in [0.25, 0.3) is 0 Å². The summed E-state index contributed by atoms with van der Waals surface area (Å²) < 4.78 is 68.7. The van der Waals surface area contributed by atoms with Gasteiger partial charge < -0.3 is 33.8 Å². The van der Waals surface area contributed by atoms with Crippen LogP contribution in [0.3, 0.4) is 0 Å². The molecule has 0 bridgehead atoms. The lowest BCUT2D eigenvalue weighted by atomic mass is 9.99. The highest BCUT2D eigenvalue weighted by Crippen LogP contribution is 2.45. The number of ether oxygens (including phenoxy) is 4. The lowest BCUT2D eigenvalue weighted by Crippen LogP contribution is -2.30. The lowest BCUT2D eigenvalue weighted by Gasteiger charge is -2.21. The molecule has 0 aromatic carbocycles. The first kappa shape index (κ1) is 97.1. The van der Waals surface area contributed by atoms with Crippen molar-refractivity contribution in [2.75, 3.05) is 39.6 Å². The highest BCUT2D eigenvalue weighted by atomic mass is 31.2. The molecule has 0 saturated carbocycles. The van der Waals surface area contributed by atoms with Gasteiger partial charge in [-0.05, 0) is 37.5 Å². The topological polar surface area (TPSA) is 237 Å². The summed E-state index contributed by atoms with van der Waals surface area (Å²) in [5.74, 6) is -0.574. The monoisotopic (exact) mass is 1450 g/mol. The smallest absolute Gasteiger partial charge is 0.462 e. The largest absolute Gasteiger partial charge is 0.472 e. The van der Waals surface area contributed by atoms with E-state index in [0.717, 1.165) is 102 Å². The Morgan fingerprint density at radius 1 is 0.293 bits per heavy atom. The number of esters is 4. The Hall–Kier alpha value is -1.94. The van der Waals surface area contributed by atoms with Crippen LogP contribution >= 0.6 is 15.6 Å². The highest BCUT2D eigenvalue weighted by molar-refractivity contribution is 7.47. The molecule has 0 spiro atoms. The molecule has 0 saturated heterocycles. The molecule has 99 heavy (non-hydrogen) atoms. The van der Waals surface area contributed by atoms with E-state index in [1.807, 2.05) is 0 Å². The number of phosphoric ester groups is 2. The van der Waals surface area contributed by atoms with E-state index in [9.17, 15) is 43.2 Å². The minimum absolute atomic E-state index is 0.107. The van der Waals surface area contributed by atoms with Crippen molar-refractivity contribution in [3.05, 3.63) is 0 Å². The number of aliphatic hydroxyl groups is 1. The van der Waals surface area contributed by atoms with E-state index in [1.54, 1.807) is 0 Å². The molecule has 0 aliphatic heterocycles. The summed E-state index contributed by atoms with van der Waals surface area (Å²) >= 11 is 0. The predicted octanol–water partition coefficient (Wildman–Crippen LogP) is 23.9. The van der Waals surface area contributed by atoms with Crippen LogP contribution < -0.4 is 0 Å². The Balaban J connectivity index is 5.24. The summed E-state index contributed by atoms with van der Waals surface area (Å²) in [5.41, 5.74) is 0. The van der Waals surface area contributed by atoms with Crippen LogP contribution in [0.5, 0.6) is 0 Å². The second-order valence-corrected chi connectivity index (χ2v) is 32.4. The first-order chi connectivity index (χ1) is 47.9. The average molecular weight is 1450 g/mol. The Morgan fingerprint density at radius 2 is 0.515 bits per heavy atom. The van der Waals surface area contributed by atoms with Gasteiger partial charge in [0.2, 0.25) is 0 Å². The van der Waals surface area contributed by atoms with Gasteiger partial charge in [-0.25, -0.2) is 9.13 Å². The molecule has 0 aliphatic carbocycles. The van der Waals surface area contributed by atoms with Crippen LogP contribution in [0.15, 0.2) is 0 Å². The van der Waals surface area contributed by atoms with E-state index < -0.39 is 97.5 Å². The lowest BCUT2D eigenvalue weighted by molar-refractivity contribution is -0.161. The van der Waals surface area contributed by atoms with Gasteiger partial charge in [-0.1, -0.05) is 369 Å². The maximum atomic E-state index is 13.1. The van der Waals surface area contributed by atoms with Gasteiger partial charge in [0, 0.05) is 25.7 Å². The molecule has 0 heterocycles. The van der Waals surface area contributed by atoms with Crippen LogP contribution in [-0.4, -0.2) is 96.7 Å². The number of hydrogen-bond acceptors (Lipinski definition) is 15. The minimum atomic E-state index is -4.96. The summed E-state index contributed by atoms with van der Waals surface area (Å²) in [6.07, 6.45) is 61.0. The molecule has 17 nitrogen and oxygen atoms in total. The van der Waals surface area contributed by atoms with Gasteiger partial charge in [0.15, 0.2) is 12.2 Å². The van der Waals surface area contributed by atoms with Gasteiger partial charge in [-0.2, -0.15) is 0 Å². The normalized spacial score (nSPS) is 14.2. The SMILES string of the molecule is CCCCCCCCCCCCCCCCCCCCCCC(=O)O[C@H](COC(=O)CCCCCCCCCCCCC(C)CC)COP(=O)(O)OC[C@@H](O)COP(=O)(O)OC[C@@H](COC(=O)CCCCCCCCCCC(C)C)OC(=O)CCCCCCCCCCCCCCCC. The van der Waals surface area contributed by atoms with Crippen LogP contribution in [0, 0.1) is 11.8 Å². The van der Waals surface area contributed by atoms with Crippen molar-refractivity contribution in [3.8, 4) is 0 Å². The molecule has 19 heteroatoms. The van der Waals surface area contributed by atoms with Crippen molar-refractivity contribution in [2.45, 2.75) is 439 Å². The van der Waals surface area contributed by atoms with E-state index in [0.29, 0.717) is 25.7 Å². The summed E-state index contributed by atoms with van der Waals surface area (Å²) in [4.78, 5) is 73.0. The Kier molecular flexibility index (Phi) is 70.3. The van der Waals surface area contributed by atoms with Gasteiger partial charge in [0.1, 0.15) is 19.3 Å². The molecule has 0 amide bonds. The van der Waals surface area contributed by atoms with Crippen LogP contribution in [0.1, 0.15) is 420 Å². The van der Waals surface area contributed by atoms with Crippen molar-refractivity contribution in [1.82, 2.24) is 0 Å². The molecule has 6 atom stereocenters. The Bertz CT molecular complexity index is 1910. The van der Waals surface area contributed by atoms with Gasteiger partial charge in [-0.3, -0.25) is 37.3 Å². The zero-order valence-corrected chi connectivity index (χ0v) is 66.6. The van der Waals surface area contributed by atoms with E-state index in [4.69, 9.17) is 37.0 Å². The van der Waals surface area contributed by atoms with E-state index >= 15 is 0 Å². The highest BCUT2D eigenvalue weighted by Gasteiger charge is 2.30. The summed E-state index contributed by atoms with van der Waals surface area (Å²) in [6.45, 7) is 9.62. The molecule has 0 aromatic heterocycles. The average Bonchev–Trinajstić information content (AvgIpc) is 0.960. The van der Waals surface area contributed by atoms with Crippen molar-refractivity contribution >= 4 is 39.5 Å². The molecule has 3 N–H and O–H groups in total. The maximum absolute atomic E-state index is 13.1. The van der Waals surface area contributed by atoms with Crippen LogP contribution in [0.2, 0.25) is 0 Å². The van der Waals surface area contributed by atoms with Crippen LogP contribution in [0.4, 0.5) is 0 Å². The summed E-state index contributed by atoms with van der Waals surface area (Å²) in [7, 11) is -9.92. The Morgan fingerprint density at radius 3 is 0.768 bits per heavy atom. The molecule has 588 valence electrons. The molecular weight excluding hydrogens is 1290 g/mol. The molecule has 0 radical (unpaired) electrons. The molecule has 0 aromatic rings. The van der Waals surface area contributed by atoms with Crippen molar-refractivity contribution < 1.29 is 80.2 Å². The zero-order valence-electron chi connectivity index (χ0n) is 64.8. The van der Waals surface area contributed by atoms with E-state index in [-0.39, 0.29) is 25.7 Å². The van der Waals surface area contributed by atoms with Gasteiger partial charge in [-0.15, -0.1) is 0 Å². The standard InChI is InChI=1S/C80H156O17P2/c1-7-10-12-14-16-18-20-22-24-25-26-27-28-29-31-33-39-47-53-59-65-80(85)96-75(68-90-77(82)62-56-50-44-37-35-34-36-43-49-55-61-73(6)9-3)70-94-98(86,87)92-66-74(81)67-93-99(88,89)95-71-76(69-91-78(83)63-57-51-45-41-40-42-48-54-60-72(4)5)97-79(84)64-58-52-46-38-32-30-23-21-19-17-15-13-11-8-2/h72-76,81H,7-71H2,1-6H3,(H,86,87)(H,88,89)/t73?,74-,75-,76-/m1/s1. The molecule has 3 unspecified atom stereocenters. The fourth-order valence-electron chi connectivity index (χ4n) is 12.3. The number of rotatable bonds is 79. The quantitative estimate of drug-likeness (QED) is 0.0222. The minimum Gasteiger partial charge on any atom is -0.462 e. The molecule has 0 fully saturated rings. The van der Waals surface area contributed by atoms with Gasteiger partial charge >= 0.3 is 39.5 Å². The van der Waals surface area contributed by atoms with Crippen molar-refractivity contribution in [1.29, 1.82) is 0 Å². The van der Waals surface area contributed by atoms with Gasteiger partial charge in [0.25, 0.3) is 0 Å². The third-order valence-corrected chi connectivity index (χ3v) is 21.0. The second kappa shape index (κ2) is 71.7. The third-order valence-electron chi connectivity index (χ3n) is 19.1. The van der Waals surface area contributed by atoms with E-state index in [1.165, 1.54) is 238 Å². The predicted molar refractivity (Wildman–Crippen MR) is 405 cm³/mol. The Labute approximate surface area is 607 Å². The number of aliphatic hydroxyl groups excluding tert-OH is 1. The molecule has 0 rings (SSSR count). The first-order valence-electron chi connectivity index (χ1n) is 41.5. The fraction of sp³-hybridized carbons (Fsp3) is 0.950. The molecular formula is C80H156O17P2. The number of hydrogen-bond donors (Lipinski definition) is 3. The van der Waals surface area contributed by atoms with E-state index in [2.05, 4.69) is 41.5 Å². The maximum Gasteiger partial charge on any atom is 0.472 e. The molecule has 0 aliphatic rings. The summed E-state index contributed by atoms with van der Waals surface area (Å²) in [5, 5.41) is 10.6. The number of phosphoric acid groups is 2. The number of carbonyl (C=O) groups excluding carboxylic acids is 4.